The van der Waals surface area contributed by atoms with Gasteiger partial charge in [-0.3, -0.25) is 0 Å². The molecule has 0 spiro atoms. The Hall–Kier alpha value is -1.67. The van der Waals surface area contributed by atoms with Crippen LogP contribution in [0.3, 0.4) is 0 Å². The first-order chi connectivity index (χ1) is 11.2. The first-order valence-electron chi connectivity index (χ1n) is 7.67. The van der Waals surface area contributed by atoms with Crippen LogP contribution in [0.25, 0.3) is 0 Å². The third-order valence-electron chi connectivity index (χ3n) is 3.68. The largest absolute Gasteiger partial charge is 0.507 e. The molecule has 126 valence electrons. The fourth-order valence-electron chi connectivity index (χ4n) is 2.11. The van der Waals surface area contributed by atoms with Crippen molar-refractivity contribution in [1.29, 1.82) is 0 Å². The maximum Gasteiger partial charge on any atom is 0.342 e. The molecule has 3 rings (SSSR count). The highest BCUT2D eigenvalue weighted by Gasteiger charge is 2.26. The maximum atomic E-state index is 12.0. The number of aryl methyl sites for hydroxylation is 1. The lowest BCUT2D eigenvalue weighted by Crippen LogP contribution is -2.11. The van der Waals surface area contributed by atoms with E-state index in [1.54, 1.807) is 6.07 Å². The second-order valence-corrected chi connectivity index (χ2v) is 5.55. The molecule has 1 aromatic rings. The molecule has 2 atom stereocenters. The molecule has 2 fully saturated rings. The first kappa shape index (κ1) is 16.2. The summed E-state index contributed by atoms with van der Waals surface area (Å²) >= 11 is 0. The lowest BCUT2D eigenvalue weighted by Gasteiger charge is -2.12. The summed E-state index contributed by atoms with van der Waals surface area (Å²) in [6.45, 7) is 4.06. The van der Waals surface area contributed by atoms with Crippen molar-refractivity contribution < 1.29 is 33.9 Å². The topological polar surface area (TPSA) is 90.1 Å². The Morgan fingerprint density at radius 3 is 2.52 bits per heavy atom. The fraction of sp³-hybridized carbons (Fsp3) is 0.562. The van der Waals surface area contributed by atoms with Crippen LogP contribution in [0, 0.1) is 0 Å². The summed E-state index contributed by atoms with van der Waals surface area (Å²) in [6.07, 6.45) is 0.810. The van der Waals surface area contributed by atoms with E-state index in [9.17, 15) is 9.90 Å². The smallest absolute Gasteiger partial charge is 0.342 e. The van der Waals surface area contributed by atoms with Crippen LogP contribution in [-0.4, -0.2) is 49.7 Å². The van der Waals surface area contributed by atoms with Gasteiger partial charge >= 0.3 is 5.97 Å². The molecule has 0 aromatic heterocycles. The summed E-state index contributed by atoms with van der Waals surface area (Å²) in [6, 6.07) is 3.15. The number of hydrogen-bond donors (Lipinski definition) is 1. The third kappa shape index (κ3) is 4.65. The molecule has 2 aliphatic rings. The van der Waals surface area contributed by atoms with E-state index in [2.05, 4.69) is 0 Å². The highest BCUT2D eigenvalue weighted by molar-refractivity contribution is 5.92. The molecule has 0 aliphatic carbocycles. The number of carbonyl (C=O) groups is 1. The number of rotatable bonds is 9. The van der Waals surface area contributed by atoms with Gasteiger partial charge in [-0.05, 0) is 29.7 Å². The Morgan fingerprint density at radius 2 is 1.87 bits per heavy atom. The second kappa shape index (κ2) is 7.27. The molecule has 0 radical (unpaired) electrons. The van der Waals surface area contributed by atoms with Crippen molar-refractivity contribution in [3.8, 4) is 5.75 Å². The minimum Gasteiger partial charge on any atom is -0.507 e. The summed E-state index contributed by atoms with van der Waals surface area (Å²) in [4.78, 5) is 22.2. The zero-order chi connectivity index (χ0) is 16.2. The van der Waals surface area contributed by atoms with E-state index in [-0.39, 0.29) is 36.7 Å². The van der Waals surface area contributed by atoms with Gasteiger partial charge < -0.3 is 19.3 Å². The van der Waals surface area contributed by atoms with E-state index in [1.165, 1.54) is 6.07 Å². The van der Waals surface area contributed by atoms with E-state index < -0.39 is 5.97 Å². The number of phenols is 1. The zero-order valence-corrected chi connectivity index (χ0v) is 12.9. The molecular weight excluding hydrogens is 304 g/mol. The molecule has 0 saturated carbocycles. The standard InChI is InChI=1S/C16H20O7/c1-2-10-3-14(16(18)21-8-12-6-19-12)15(17)4-11(10)5-22-23-9-13-7-20-13/h3-4,12-13,17H,2,5-9H2,1H3. The quantitative estimate of drug-likeness (QED) is 0.241. The van der Waals surface area contributed by atoms with Crippen molar-refractivity contribution in [3.63, 3.8) is 0 Å². The van der Waals surface area contributed by atoms with Crippen LogP contribution in [0.2, 0.25) is 0 Å². The van der Waals surface area contributed by atoms with Crippen LogP contribution < -0.4 is 0 Å². The first-order valence-corrected chi connectivity index (χ1v) is 7.67. The van der Waals surface area contributed by atoms with Crippen LogP contribution in [-0.2, 0) is 37.0 Å². The molecule has 2 heterocycles. The Bertz CT molecular complexity index is 564. The molecule has 23 heavy (non-hydrogen) atoms. The summed E-state index contributed by atoms with van der Waals surface area (Å²) in [5.74, 6) is -0.685. The van der Waals surface area contributed by atoms with Gasteiger partial charge in [-0.1, -0.05) is 6.92 Å². The Labute approximate surface area is 134 Å². The monoisotopic (exact) mass is 324 g/mol. The van der Waals surface area contributed by atoms with E-state index in [1.807, 2.05) is 6.92 Å². The molecule has 2 unspecified atom stereocenters. The van der Waals surface area contributed by atoms with Crippen molar-refractivity contribution >= 4 is 5.97 Å². The summed E-state index contributed by atoms with van der Waals surface area (Å²) in [5.41, 5.74) is 1.81. The van der Waals surface area contributed by atoms with Crippen molar-refractivity contribution in [2.45, 2.75) is 32.2 Å². The highest BCUT2D eigenvalue weighted by Crippen LogP contribution is 2.25. The average molecular weight is 324 g/mol. The molecule has 1 N–H and O–H groups in total. The molecule has 2 aliphatic heterocycles. The Kier molecular flexibility index (Phi) is 5.12. The summed E-state index contributed by atoms with van der Waals surface area (Å²) in [5, 5.41) is 10.1. The van der Waals surface area contributed by atoms with Crippen LogP contribution in [0.15, 0.2) is 12.1 Å². The molecular formula is C16H20O7. The number of ether oxygens (including phenoxy) is 3. The number of carbonyl (C=O) groups excluding carboxylic acids is 1. The van der Waals surface area contributed by atoms with Crippen molar-refractivity contribution in [2.24, 2.45) is 0 Å². The van der Waals surface area contributed by atoms with Crippen LogP contribution in [0.4, 0.5) is 0 Å². The lowest BCUT2D eigenvalue weighted by atomic mass is 10.0. The number of phenolic OH excluding ortho intramolecular Hbond substituents is 1. The van der Waals surface area contributed by atoms with Gasteiger partial charge in [0.25, 0.3) is 0 Å². The van der Waals surface area contributed by atoms with Crippen LogP contribution in [0.1, 0.15) is 28.4 Å². The number of hydrogen-bond acceptors (Lipinski definition) is 7. The van der Waals surface area contributed by atoms with Gasteiger partial charge in [0.2, 0.25) is 0 Å². The van der Waals surface area contributed by atoms with Crippen molar-refractivity contribution in [2.75, 3.05) is 26.4 Å². The number of epoxide rings is 2. The Morgan fingerprint density at radius 1 is 1.17 bits per heavy atom. The van der Waals surface area contributed by atoms with Gasteiger partial charge in [0, 0.05) is 0 Å². The molecule has 1 aromatic carbocycles. The van der Waals surface area contributed by atoms with Crippen LogP contribution in [0.5, 0.6) is 5.75 Å². The third-order valence-corrected chi connectivity index (χ3v) is 3.68. The van der Waals surface area contributed by atoms with E-state index in [0.29, 0.717) is 26.2 Å². The fourth-order valence-corrected chi connectivity index (χ4v) is 2.11. The van der Waals surface area contributed by atoms with E-state index in [4.69, 9.17) is 24.0 Å². The number of esters is 1. The van der Waals surface area contributed by atoms with Gasteiger partial charge in [-0.25, -0.2) is 14.6 Å². The van der Waals surface area contributed by atoms with Crippen molar-refractivity contribution in [3.05, 3.63) is 28.8 Å². The zero-order valence-electron chi connectivity index (χ0n) is 12.9. The second-order valence-electron chi connectivity index (χ2n) is 5.55. The predicted octanol–water partition coefficient (Wildman–Crippen LogP) is 1.36. The van der Waals surface area contributed by atoms with Gasteiger partial charge in [-0.2, -0.15) is 0 Å². The maximum absolute atomic E-state index is 12.0. The molecule has 2 saturated heterocycles. The normalized spacial score (nSPS) is 22.0. The lowest BCUT2D eigenvalue weighted by molar-refractivity contribution is -0.305. The minimum absolute atomic E-state index is 0.00740. The number of benzene rings is 1. The van der Waals surface area contributed by atoms with E-state index >= 15 is 0 Å². The molecule has 7 nitrogen and oxygen atoms in total. The van der Waals surface area contributed by atoms with E-state index in [0.717, 1.165) is 11.1 Å². The Balaban J connectivity index is 1.60. The van der Waals surface area contributed by atoms with Gasteiger partial charge in [-0.15, -0.1) is 0 Å². The molecule has 0 amide bonds. The van der Waals surface area contributed by atoms with Gasteiger partial charge in [0.15, 0.2) is 0 Å². The summed E-state index contributed by atoms with van der Waals surface area (Å²) in [7, 11) is 0. The SMILES string of the molecule is CCc1cc(C(=O)OCC2CO2)c(O)cc1COOCC1CO1. The van der Waals surface area contributed by atoms with Gasteiger partial charge in [0.1, 0.15) is 43.3 Å². The molecule has 0 bridgehead atoms. The highest BCUT2D eigenvalue weighted by atomic mass is 17.2. The van der Waals surface area contributed by atoms with Crippen LogP contribution >= 0.6 is 0 Å². The van der Waals surface area contributed by atoms with Gasteiger partial charge in [0.05, 0.1) is 13.2 Å². The summed E-state index contributed by atoms with van der Waals surface area (Å²) < 4.78 is 15.1. The van der Waals surface area contributed by atoms with Crippen molar-refractivity contribution in [1.82, 2.24) is 0 Å². The predicted molar refractivity (Wildman–Crippen MR) is 78.0 cm³/mol. The minimum atomic E-state index is -0.553. The average Bonchev–Trinajstić information content (AvgIpc) is 3.44. The number of aromatic hydroxyl groups is 1. The molecule has 7 heteroatoms.